The van der Waals surface area contributed by atoms with E-state index in [1.165, 1.54) is 18.2 Å². The summed E-state index contributed by atoms with van der Waals surface area (Å²) in [4.78, 5) is 16.0. The van der Waals surface area contributed by atoms with Gasteiger partial charge in [0.2, 0.25) is 5.91 Å². The van der Waals surface area contributed by atoms with Crippen molar-refractivity contribution in [3.05, 3.63) is 35.4 Å². The number of aliphatic imine (C=N–C) groups is 1. The number of nitriles is 1. The van der Waals surface area contributed by atoms with E-state index in [1.54, 1.807) is 0 Å². The van der Waals surface area contributed by atoms with Crippen LogP contribution in [-0.2, 0) is 16.4 Å². The monoisotopic (exact) mass is 415 g/mol. The molecule has 0 aromatic heterocycles. The molecule has 0 bridgehead atoms. The highest BCUT2D eigenvalue weighted by atomic mass is 35.5. The number of carbonyl (C=O) groups is 1. The summed E-state index contributed by atoms with van der Waals surface area (Å²) in [5.74, 6) is -0.472. The summed E-state index contributed by atoms with van der Waals surface area (Å²) in [7, 11) is 0. The van der Waals surface area contributed by atoms with Crippen LogP contribution in [0.2, 0.25) is 0 Å². The lowest BCUT2D eigenvalue weighted by atomic mass is 9.79. The first-order chi connectivity index (χ1) is 13.2. The molecule has 10 heteroatoms. The van der Waals surface area contributed by atoms with Crippen LogP contribution in [0, 0.1) is 11.3 Å². The highest BCUT2D eigenvalue weighted by Gasteiger charge is 2.50. The molecule has 1 atom stereocenters. The molecule has 28 heavy (non-hydrogen) atoms. The molecule has 1 heterocycles. The van der Waals surface area contributed by atoms with Gasteiger partial charge in [-0.15, -0.1) is 4.53 Å². The Morgan fingerprint density at radius 3 is 2.79 bits per heavy atom. The first kappa shape index (κ1) is 22.0. The van der Waals surface area contributed by atoms with E-state index in [2.05, 4.69) is 15.7 Å². The smallest absolute Gasteiger partial charge is 0.354 e. The number of nitrogens with one attached hydrogen (secondary N) is 2. The third kappa shape index (κ3) is 4.94. The zero-order valence-corrected chi connectivity index (χ0v) is 16.1. The van der Waals surface area contributed by atoms with Crippen LogP contribution in [0.4, 0.5) is 13.2 Å². The van der Waals surface area contributed by atoms with Crippen molar-refractivity contribution >= 4 is 23.5 Å². The first-order valence-electron chi connectivity index (χ1n) is 8.84. The lowest BCUT2D eigenvalue weighted by molar-refractivity contribution is -0.138. The number of halogens is 4. The molecule has 1 aromatic carbocycles. The average Bonchev–Trinajstić information content (AvgIpc) is 2.99. The lowest BCUT2D eigenvalue weighted by Gasteiger charge is -2.24. The molecule has 6 nitrogen and oxygen atoms in total. The molecule has 152 valence electrons. The molecule has 1 unspecified atom stereocenters. The number of amidine groups is 1. The van der Waals surface area contributed by atoms with Gasteiger partial charge in [0.05, 0.1) is 18.2 Å². The molecule has 1 amide bonds. The van der Waals surface area contributed by atoms with Crippen LogP contribution >= 0.6 is 11.8 Å². The molecular formula is C18H21ClF3N5O. The molecule has 2 N–H and O–H groups in total. The fourth-order valence-electron chi connectivity index (χ4n) is 2.98. The Bertz CT molecular complexity index is 777. The van der Waals surface area contributed by atoms with Crippen LogP contribution < -0.4 is 10.7 Å². The Kier molecular flexibility index (Phi) is 7.27. The second kappa shape index (κ2) is 9.26. The van der Waals surface area contributed by atoms with Crippen molar-refractivity contribution in [3.63, 3.8) is 0 Å². The number of hydrazine groups is 1. The SMILES string of the molecule is CCCCCNC(=O)CN=C1NN(Cl)CC1(C#N)c1ccccc1C(F)(F)F. The van der Waals surface area contributed by atoms with Crippen LogP contribution in [0.25, 0.3) is 0 Å². The molecule has 1 aliphatic heterocycles. The fourth-order valence-corrected chi connectivity index (χ4v) is 3.24. The van der Waals surface area contributed by atoms with E-state index in [0.717, 1.165) is 29.9 Å². The Labute approximate surface area is 166 Å². The van der Waals surface area contributed by atoms with Crippen molar-refractivity contribution in [2.24, 2.45) is 4.99 Å². The Balaban J connectivity index is 2.30. The molecular weight excluding hydrogens is 395 g/mol. The topological polar surface area (TPSA) is 80.5 Å². The van der Waals surface area contributed by atoms with Crippen LogP contribution in [0.3, 0.4) is 0 Å². The van der Waals surface area contributed by atoms with Crippen molar-refractivity contribution in [1.29, 1.82) is 5.26 Å². The van der Waals surface area contributed by atoms with Crippen LogP contribution in [0.1, 0.15) is 37.3 Å². The van der Waals surface area contributed by atoms with Crippen LogP contribution in [0.15, 0.2) is 29.3 Å². The van der Waals surface area contributed by atoms with E-state index in [9.17, 15) is 23.2 Å². The predicted molar refractivity (Wildman–Crippen MR) is 99.3 cm³/mol. The zero-order valence-electron chi connectivity index (χ0n) is 15.3. The summed E-state index contributed by atoms with van der Waals surface area (Å²) >= 11 is 5.93. The van der Waals surface area contributed by atoms with Gasteiger partial charge in [0.15, 0.2) is 5.41 Å². The number of amides is 1. The van der Waals surface area contributed by atoms with E-state index < -0.39 is 17.2 Å². The van der Waals surface area contributed by atoms with Gasteiger partial charge in [0.1, 0.15) is 12.4 Å². The maximum atomic E-state index is 13.5. The van der Waals surface area contributed by atoms with Gasteiger partial charge in [-0.25, -0.2) is 0 Å². The van der Waals surface area contributed by atoms with Gasteiger partial charge in [0.25, 0.3) is 0 Å². The van der Waals surface area contributed by atoms with Crippen molar-refractivity contribution < 1.29 is 18.0 Å². The molecule has 0 spiro atoms. The third-order valence-electron chi connectivity index (χ3n) is 4.37. The Morgan fingerprint density at radius 2 is 2.14 bits per heavy atom. The minimum atomic E-state index is -4.65. The molecule has 1 aliphatic rings. The Morgan fingerprint density at radius 1 is 1.43 bits per heavy atom. The molecule has 0 radical (unpaired) electrons. The largest absolute Gasteiger partial charge is 0.416 e. The second-order valence-electron chi connectivity index (χ2n) is 6.41. The number of hydrogen-bond acceptors (Lipinski definition) is 4. The quantitative estimate of drug-likeness (QED) is 0.529. The van der Waals surface area contributed by atoms with Gasteiger partial charge < -0.3 is 5.32 Å². The van der Waals surface area contributed by atoms with Crippen LogP contribution in [0.5, 0.6) is 0 Å². The van der Waals surface area contributed by atoms with Gasteiger partial charge in [0, 0.05) is 6.54 Å². The number of nitrogens with zero attached hydrogens (tertiary/aromatic N) is 3. The van der Waals surface area contributed by atoms with Gasteiger partial charge >= 0.3 is 6.18 Å². The van der Waals surface area contributed by atoms with Gasteiger partial charge in [-0.3, -0.25) is 15.2 Å². The minimum absolute atomic E-state index is 0.0922. The standard InChI is InChI=1S/C18H21ClF3N5O/c1-2-3-6-9-24-15(28)10-25-16-17(11-23,12-27(19)26-16)13-7-4-5-8-14(13)18(20,21)22/h4-5,7-8H,2-3,6,9-10,12H2,1H3,(H,24,28)(H,25,26). The molecule has 1 fully saturated rings. The van der Waals surface area contributed by atoms with E-state index in [-0.39, 0.29) is 30.4 Å². The van der Waals surface area contributed by atoms with E-state index in [1.807, 2.05) is 13.0 Å². The van der Waals surface area contributed by atoms with Crippen LogP contribution in [-0.4, -0.2) is 35.9 Å². The highest BCUT2D eigenvalue weighted by molar-refractivity contribution is 6.16. The molecule has 1 saturated heterocycles. The highest BCUT2D eigenvalue weighted by Crippen LogP contribution is 2.40. The summed E-state index contributed by atoms with van der Waals surface area (Å²) in [6.45, 7) is 1.95. The summed E-state index contributed by atoms with van der Waals surface area (Å²) in [6, 6.07) is 6.72. The number of benzene rings is 1. The van der Waals surface area contributed by atoms with E-state index in [4.69, 9.17) is 11.8 Å². The summed E-state index contributed by atoms with van der Waals surface area (Å²) in [5.41, 5.74) is -0.388. The number of rotatable bonds is 7. The van der Waals surface area contributed by atoms with Gasteiger partial charge in [-0.2, -0.15) is 18.4 Å². The van der Waals surface area contributed by atoms with E-state index in [0.29, 0.717) is 6.54 Å². The number of alkyl halides is 3. The molecule has 0 aliphatic carbocycles. The number of hydrogen-bond donors (Lipinski definition) is 2. The van der Waals surface area contributed by atoms with Crippen molar-refractivity contribution in [2.45, 2.75) is 37.8 Å². The predicted octanol–water partition coefficient (Wildman–Crippen LogP) is 3.15. The zero-order chi connectivity index (χ0) is 20.8. The minimum Gasteiger partial charge on any atom is -0.354 e. The summed E-state index contributed by atoms with van der Waals surface area (Å²) in [6.07, 6.45) is -1.84. The van der Waals surface area contributed by atoms with Crippen molar-refractivity contribution in [3.8, 4) is 6.07 Å². The van der Waals surface area contributed by atoms with Gasteiger partial charge in [-0.1, -0.05) is 38.0 Å². The first-order valence-corrected chi connectivity index (χ1v) is 9.18. The maximum Gasteiger partial charge on any atom is 0.416 e. The molecule has 1 aromatic rings. The normalized spacial score (nSPS) is 21.4. The fraction of sp³-hybridized carbons (Fsp3) is 0.500. The molecule has 2 rings (SSSR count). The Hall–Kier alpha value is -2.31. The van der Waals surface area contributed by atoms with E-state index >= 15 is 0 Å². The van der Waals surface area contributed by atoms with Crippen molar-refractivity contribution in [2.75, 3.05) is 19.6 Å². The lowest BCUT2D eigenvalue weighted by Crippen LogP contribution is -2.39. The maximum absolute atomic E-state index is 13.5. The second-order valence-corrected chi connectivity index (χ2v) is 6.82. The number of carbonyl (C=O) groups excluding carboxylic acids is 1. The average molecular weight is 416 g/mol. The summed E-state index contributed by atoms with van der Waals surface area (Å²) < 4.78 is 41.4. The van der Waals surface area contributed by atoms with Crippen molar-refractivity contribution in [1.82, 2.24) is 15.3 Å². The van der Waals surface area contributed by atoms with Gasteiger partial charge in [-0.05, 0) is 29.8 Å². The molecule has 0 saturated carbocycles. The summed E-state index contributed by atoms with van der Waals surface area (Å²) in [5, 5.41) is 12.5. The third-order valence-corrected chi connectivity index (χ3v) is 4.58. The number of unbranched alkanes of at least 4 members (excludes halogenated alkanes) is 2.